The van der Waals surface area contributed by atoms with Crippen LogP contribution in [-0.2, 0) is 20.8 Å². The molecule has 2 N–H and O–H groups in total. The van der Waals surface area contributed by atoms with Crippen LogP contribution in [0.4, 0.5) is 0 Å². The Morgan fingerprint density at radius 3 is 2.48 bits per heavy atom. The minimum absolute atomic E-state index is 0.0772. The zero-order valence-corrected chi connectivity index (χ0v) is 40.4. The summed E-state index contributed by atoms with van der Waals surface area (Å²) in [7, 11) is 0. The number of aromatic nitrogens is 5. The van der Waals surface area contributed by atoms with E-state index in [1.54, 1.807) is 28.7 Å². The molecule has 6 aromatic rings. The van der Waals surface area contributed by atoms with E-state index in [2.05, 4.69) is 39.5 Å². The maximum Gasteiger partial charge on any atom is 0.254 e. The van der Waals surface area contributed by atoms with E-state index in [0.29, 0.717) is 42.6 Å². The first-order valence-electron chi connectivity index (χ1n) is 22.5. The van der Waals surface area contributed by atoms with Crippen molar-refractivity contribution in [3.05, 3.63) is 115 Å². The maximum absolute atomic E-state index is 14.1. The molecule has 1 unspecified atom stereocenters. The first-order chi connectivity index (χ1) is 31.8. The van der Waals surface area contributed by atoms with Crippen LogP contribution in [-0.4, -0.2) is 90.1 Å². The van der Waals surface area contributed by atoms with E-state index in [1.165, 1.54) is 9.78 Å². The van der Waals surface area contributed by atoms with E-state index in [1.807, 2.05) is 86.3 Å². The zero-order valence-electron chi connectivity index (χ0n) is 38.0. The number of hydrogen-bond acceptors (Lipinski definition) is 13. The minimum atomic E-state index is -0.791. The number of β-amino-alcohol motifs (C(OH)–C–C–N with tert-alkyl or cyclic N) is 1. The van der Waals surface area contributed by atoms with Gasteiger partial charge in [-0.2, -0.15) is 0 Å². The Balaban J connectivity index is 0.808. The number of hydrogen-bond donors (Lipinski definition) is 2. The van der Waals surface area contributed by atoms with Gasteiger partial charge < -0.3 is 24.6 Å². The fourth-order valence-corrected chi connectivity index (χ4v) is 10.9. The number of thiazole rings is 1. The summed E-state index contributed by atoms with van der Waals surface area (Å²) >= 11 is 9.52. The monoisotopic (exact) mass is 950 g/mol. The third-order valence-electron chi connectivity index (χ3n) is 12.4. The number of aryl methyl sites for hydroxylation is 4. The number of nitrogens with zero attached hydrogens (tertiary/aromatic N) is 7. The fraction of sp³-hybridized carbons (Fsp3) is 0.429. The predicted octanol–water partition coefficient (Wildman–Crippen LogP) is 8.88. The van der Waals surface area contributed by atoms with Crippen LogP contribution < -0.4 is 10.1 Å². The van der Waals surface area contributed by atoms with E-state index >= 15 is 0 Å². The first-order valence-corrected chi connectivity index (χ1v) is 24.6. The van der Waals surface area contributed by atoms with Gasteiger partial charge in [-0.05, 0) is 93.3 Å². The Morgan fingerprint density at radius 1 is 1.00 bits per heavy atom. The molecule has 8 rings (SSSR count). The summed E-state index contributed by atoms with van der Waals surface area (Å²) in [6.45, 7) is 12.9. The summed E-state index contributed by atoms with van der Waals surface area (Å²) in [6.07, 6.45) is 2.54. The van der Waals surface area contributed by atoms with Crippen LogP contribution in [0.5, 0.6) is 5.88 Å². The Labute approximate surface area is 397 Å². The Bertz CT molecular complexity index is 2720. The second-order valence-corrected chi connectivity index (χ2v) is 20.0. The van der Waals surface area contributed by atoms with Crippen LogP contribution >= 0.6 is 34.3 Å². The van der Waals surface area contributed by atoms with Crippen LogP contribution in [0.3, 0.4) is 0 Å². The second kappa shape index (κ2) is 20.5. The van der Waals surface area contributed by atoms with Crippen molar-refractivity contribution in [2.24, 2.45) is 10.9 Å². The van der Waals surface area contributed by atoms with E-state index in [4.69, 9.17) is 25.9 Å². The molecule has 4 atom stereocenters. The Kier molecular flexibility index (Phi) is 14.6. The molecule has 4 aromatic heterocycles. The van der Waals surface area contributed by atoms with Crippen molar-refractivity contribution in [3.8, 4) is 21.3 Å². The van der Waals surface area contributed by atoms with Crippen molar-refractivity contribution >= 4 is 57.6 Å². The van der Waals surface area contributed by atoms with Gasteiger partial charge in [0.25, 0.3) is 5.88 Å². The normalized spacial score (nSPS) is 17.3. The number of ketones is 1. The molecule has 2 aliphatic heterocycles. The zero-order chi connectivity index (χ0) is 46.6. The topological polar surface area (TPSA) is 178 Å². The molecule has 2 amide bonds. The number of likely N-dealkylation sites (tertiary alicyclic amines) is 1. The molecule has 0 saturated carbocycles. The van der Waals surface area contributed by atoms with Crippen molar-refractivity contribution in [3.63, 3.8) is 0 Å². The molecule has 1 saturated heterocycles. The number of aliphatic imine (C=N–C) groups is 1. The van der Waals surface area contributed by atoms with Crippen LogP contribution in [0.2, 0.25) is 5.02 Å². The molecular weight excluding hydrogens is 896 g/mol. The summed E-state index contributed by atoms with van der Waals surface area (Å²) in [6, 6.07) is 16.1. The number of amides is 2. The average molecular weight is 952 g/mol. The third kappa shape index (κ3) is 10.2. The number of carbonyl (C=O) groups excluding carboxylic acids is 3. The summed E-state index contributed by atoms with van der Waals surface area (Å²) in [4.78, 5) is 54.5. The van der Waals surface area contributed by atoms with Gasteiger partial charge in [-0.1, -0.05) is 61.8 Å². The Hall–Kier alpha value is -5.55. The summed E-state index contributed by atoms with van der Waals surface area (Å²) in [5.41, 5.74) is 8.80. The predicted molar refractivity (Wildman–Crippen MR) is 256 cm³/mol. The van der Waals surface area contributed by atoms with Crippen molar-refractivity contribution in [1.82, 2.24) is 35.1 Å². The minimum Gasteiger partial charge on any atom is -0.476 e. The van der Waals surface area contributed by atoms with Crippen LogP contribution in [0.25, 0.3) is 15.4 Å². The second-order valence-electron chi connectivity index (χ2n) is 17.5. The molecule has 0 radical (unpaired) electrons. The maximum atomic E-state index is 14.1. The van der Waals surface area contributed by atoms with Gasteiger partial charge in [-0.3, -0.25) is 23.9 Å². The number of ether oxygens (including phenoxy) is 1. The van der Waals surface area contributed by atoms with Gasteiger partial charge >= 0.3 is 0 Å². The lowest BCUT2D eigenvalue weighted by Crippen LogP contribution is -2.44. The quantitative estimate of drug-likeness (QED) is 0.0791. The number of aliphatic hydroxyl groups is 1. The number of halogens is 1. The highest BCUT2D eigenvalue weighted by Crippen LogP contribution is 2.40. The highest BCUT2D eigenvalue weighted by atomic mass is 35.5. The van der Waals surface area contributed by atoms with Gasteiger partial charge in [-0.25, -0.2) is 4.98 Å². The number of rotatable bonds is 18. The number of carbonyl (C=O) groups is 3. The number of Topliss-reactive ketones (excluding diaryl/α,β-unsaturated/α-hetero) is 1. The van der Waals surface area contributed by atoms with Gasteiger partial charge in [0, 0.05) is 53.0 Å². The SMILES string of the molecule is Cc1ncsc1-c1ccc(CCC(=O)[C@@H]2C[C@@H](O)CN2C(=O)[C@H](c2cc(OCCCCCNC(=O)CC3N=C(c4ccc(Cl)cc4)c4c(sc(C)c4C)-n4c(C)nnc43)no2)C(C)C)cc1. The largest absolute Gasteiger partial charge is 0.476 e. The third-order valence-corrected chi connectivity index (χ3v) is 14.9. The van der Waals surface area contributed by atoms with Crippen LogP contribution in [0, 0.1) is 33.6 Å². The number of fused-ring (bicyclic) bond motifs is 3. The highest BCUT2D eigenvalue weighted by Gasteiger charge is 2.43. The molecular formula is C49H55ClN8O6S2. The number of thiophene rings is 1. The molecule has 346 valence electrons. The molecule has 1 fully saturated rings. The molecule has 14 nitrogen and oxygen atoms in total. The molecule has 66 heavy (non-hydrogen) atoms. The molecule has 0 aliphatic carbocycles. The van der Waals surface area contributed by atoms with Gasteiger partial charge in [0.15, 0.2) is 17.4 Å². The van der Waals surface area contributed by atoms with Gasteiger partial charge in [-0.15, -0.1) is 32.9 Å². The lowest BCUT2D eigenvalue weighted by atomic mass is 9.91. The van der Waals surface area contributed by atoms with Crippen molar-refractivity contribution in [2.45, 2.75) is 111 Å². The van der Waals surface area contributed by atoms with Crippen LogP contribution in [0.15, 0.2) is 69.6 Å². The van der Waals surface area contributed by atoms with Gasteiger partial charge in [0.2, 0.25) is 11.8 Å². The van der Waals surface area contributed by atoms with Gasteiger partial charge in [0.05, 0.1) is 47.0 Å². The van der Waals surface area contributed by atoms with Crippen molar-refractivity contribution in [1.29, 1.82) is 0 Å². The standard InChI is InChI=1S/C49H55ClN8O6S2/c1-27(2)43(48(62)57-25-36(59)22-38(57)39(60)19-12-32-10-13-34(14-11-32)46-29(4)52-26-65-46)40-24-42(56-64-40)63-21-9-7-8-20-51-41(61)23-37-47-55-54-31(6)58(47)49-44(28(3)30(5)66-49)45(53-37)33-15-17-35(50)18-16-33/h10-11,13-18,24,26-27,36-38,43,59H,7-9,12,19-23,25H2,1-6H3,(H,51,61)/t36-,37?,38+,43+/m1/s1. The lowest BCUT2D eigenvalue weighted by molar-refractivity contribution is -0.140. The molecule has 2 aliphatic rings. The molecule has 2 aromatic carbocycles. The molecule has 0 spiro atoms. The molecule has 0 bridgehead atoms. The number of aliphatic hydroxyl groups excluding tert-OH is 1. The first kappa shape index (κ1) is 47.0. The number of unbranched alkanes of at least 4 members (excludes halogenated alkanes) is 2. The number of benzene rings is 2. The van der Waals surface area contributed by atoms with Crippen molar-refractivity contribution < 1.29 is 28.8 Å². The summed E-state index contributed by atoms with van der Waals surface area (Å²) in [5, 5.41) is 28.3. The van der Waals surface area contributed by atoms with E-state index < -0.39 is 24.1 Å². The van der Waals surface area contributed by atoms with Crippen molar-refractivity contribution in [2.75, 3.05) is 19.7 Å². The van der Waals surface area contributed by atoms with E-state index in [0.717, 1.165) is 67.8 Å². The van der Waals surface area contributed by atoms with E-state index in [-0.39, 0.29) is 55.2 Å². The average Bonchev–Trinajstić information content (AvgIpc) is 4.14. The van der Waals surface area contributed by atoms with E-state index in [9.17, 15) is 19.5 Å². The molecule has 6 heterocycles. The number of nitrogens with one attached hydrogen (secondary N) is 1. The van der Waals surface area contributed by atoms with Crippen LogP contribution in [0.1, 0.15) is 115 Å². The Morgan fingerprint density at radius 2 is 1.76 bits per heavy atom. The smallest absolute Gasteiger partial charge is 0.254 e. The highest BCUT2D eigenvalue weighted by molar-refractivity contribution is 7.15. The summed E-state index contributed by atoms with van der Waals surface area (Å²) < 4.78 is 13.6. The molecule has 17 heteroatoms. The summed E-state index contributed by atoms with van der Waals surface area (Å²) in [5.74, 6) is 0.618. The lowest BCUT2D eigenvalue weighted by Gasteiger charge is -2.28. The van der Waals surface area contributed by atoms with Gasteiger partial charge in [0.1, 0.15) is 22.8 Å². The fourth-order valence-electron chi connectivity index (χ4n) is 8.79.